The molecular formula is C11H19NO3S2. The van der Waals surface area contributed by atoms with Gasteiger partial charge in [0.05, 0.1) is 6.04 Å². The summed E-state index contributed by atoms with van der Waals surface area (Å²) in [6.07, 6.45) is 0.747. The van der Waals surface area contributed by atoms with Crippen LogP contribution >= 0.6 is 11.8 Å². The van der Waals surface area contributed by atoms with Gasteiger partial charge in [0.15, 0.2) is 0 Å². The van der Waals surface area contributed by atoms with Crippen molar-refractivity contribution in [3.05, 3.63) is 11.3 Å². The molecule has 6 heteroatoms. The highest BCUT2D eigenvalue weighted by Gasteiger charge is 2.37. The third kappa shape index (κ3) is 2.80. The molecule has 0 unspecified atom stereocenters. The Balaban J connectivity index is 2.34. The lowest BCUT2D eigenvalue weighted by atomic mass is 10.1. The topological polar surface area (TPSA) is 46.6 Å². The summed E-state index contributed by atoms with van der Waals surface area (Å²) in [6, 6.07) is 0.0200. The fraction of sp³-hybridized carbons (Fsp3) is 0.818. The Morgan fingerprint density at radius 1 is 1.41 bits per heavy atom. The third-order valence-electron chi connectivity index (χ3n) is 3.33. The van der Waals surface area contributed by atoms with E-state index in [1.807, 2.05) is 11.8 Å². The smallest absolute Gasteiger partial charge is 0.310 e. The molecule has 0 saturated heterocycles. The molecule has 0 amide bonds. The van der Waals surface area contributed by atoms with Crippen molar-refractivity contribution in [1.82, 2.24) is 4.90 Å². The van der Waals surface area contributed by atoms with Crippen molar-refractivity contribution in [1.29, 1.82) is 0 Å². The van der Waals surface area contributed by atoms with Crippen molar-refractivity contribution in [2.24, 2.45) is 0 Å². The molecule has 98 valence electrons. The first-order chi connectivity index (χ1) is 8.07. The summed E-state index contributed by atoms with van der Waals surface area (Å²) in [6.45, 7) is 5.89. The minimum absolute atomic E-state index is 0.0200. The van der Waals surface area contributed by atoms with Gasteiger partial charge in [-0.05, 0) is 18.7 Å². The average molecular weight is 277 g/mol. The average Bonchev–Trinajstić information content (AvgIpc) is 2.29. The second-order valence-corrected chi connectivity index (χ2v) is 7.02. The number of rotatable bonds is 3. The normalized spacial score (nSPS) is 27.8. The second kappa shape index (κ2) is 5.20. The lowest BCUT2D eigenvalue weighted by molar-refractivity contribution is 0.237. The van der Waals surface area contributed by atoms with Crippen LogP contribution in [0.5, 0.6) is 0 Å². The van der Waals surface area contributed by atoms with Crippen LogP contribution in [0.2, 0.25) is 0 Å². The van der Waals surface area contributed by atoms with Crippen molar-refractivity contribution in [2.75, 3.05) is 30.3 Å². The molecule has 17 heavy (non-hydrogen) atoms. The van der Waals surface area contributed by atoms with Crippen LogP contribution in [0.4, 0.5) is 0 Å². The third-order valence-corrected chi connectivity index (χ3v) is 5.52. The molecule has 0 fully saturated rings. The molecule has 0 spiro atoms. The number of allylic oxidation sites excluding steroid dienone is 1. The van der Waals surface area contributed by atoms with E-state index in [1.54, 1.807) is 0 Å². The Morgan fingerprint density at radius 2 is 2.12 bits per heavy atom. The van der Waals surface area contributed by atoms with Gasteiger partial charge in [0, 0.05) is 17.9 Å². The zero-order valence-electron chi connectivity index (χ0n) is 10.3. The molecule has 0 aliphatic carbocycles. The van der Waals surface area contributed by atoms with Crippen LogP contribution in [0.25, 0.3) is 0 Å². The second-order valence-electron chi connectivity index (χ2n) is 4.30. The largest absolute Gasteiger partial charge is 0.387 e. The number of thioether (sulfide) groups is 1. The Labute approximate surface area is 108 Å². The van der Waals surface area contributed by atoms with E-state index in [-0.39, 0.29) is 11.8 Å². The van der Waals surface area contributed by atoms with Gasteiger partial charge in [0.2, 0.25) is 0 Å². The first-order valence-corrected chi connectivity index (χ1v) is 8.76. The summed E-state index contributed by atoms with van der Waals surface area (Å²) >= 11 is 1.86. The molecule has 0 radical (unpaired) electrons. The van der Waals surface area contributed by atoms with E-state index in [4.69, 9.17) is 4.18 Å². The molecule has 2 aliphatic heterocycles. The van der Waals surface area contributed by atoms with E-state index in [2.05, 4.69) is 18.7 Å². The highest BCUT2D eigenvalue weighted by atomic mass is 32.2. The monoisotopic (exact) mass is 277 g/mol. The van der Waals surface area contributed by atoms with Crippen molar-refractivity contribution < 1.29 is 12.6 Å². The van der Waals surface area contributed by atoms with Crippen LogP contribution in [0.15, 0.2) is 11.3 Å². The summed E-state index contributed by atoms with van der Waals surface area (Å²) in [7, 11) is -3.38. The van der Waals surface area contributed by atoms with Gasteiger partial charge >= 0.3 is 10.1 Å². The lowest BCUT2D eigenvalue weighted by Crippen LogP contribution is -2.46. The minimum Gasteiger partial charge on any atom is -0.387 e. The highest BCUT2D eigenvalue weighted by Crippen LogP contribution is 2.34. The van der Waals surface area contributed by atoms with Gasteiger partial charge in [-0.25, -0.2) is 0 Å². The quantitative estimate of drug-likeness (QED) is 0.731. The highest BCUT2D eigenvalue weighted by molar-refractivity contribution is 7.99. The van der Waals surface area contributed by atoms with Crippen LogP contribution in [0.1, 0.15) is 20.3 Å². The molecule has 2 heterocycles. The van der Waals surface area contributed by atoms with E-state index in [0.29, 0.717) is 5.76 Å². The summed E-state index contributed by atoms with van der Waals surface area (Å²) in [5, 5.41) is 0. The Bertz CT molecular complexity index is 412. The summed E-state index contributed by atoms with van der Waals surface area (Å²) in [5.41, 5.74) is 1.19. The van der Waals surface area contributed by atoms with Crippen molar-refractivity contribution in [2.45, 2.75) is 26.3 Å². The van der Waals surface area contributed by atoms with Crippen molar-refractivity contribution in [3.8, 4) is 0 Å². The number of hydrogen-bond donors (Lipinski definition) is 0. The van der Waals surface area contributed by atoms with E-state index in [1.165, 1.54) is 5.57 Å². The van der Waals surface area contributed by atoms with Gasteiger partial charge < -0.3 is 4.18 Å². The summed E-state index contributed by atoms with van der Waals surface area (Å²) in [4.78, 5) is 2.21. The van der Waals surface area contributed by atoms with Crippen LogP contribution in [-0.4, -0.2) is 49.7 Å². The lowest BCUT2D eigenvalue weighted by Gasteiger charge is -2.37. The maximum absolute atomic E-state index is 11.8. The van der Waals surface area contributed by atoms with Gasteiger partial charge in [-0.3, -0.25) is 4.90 Å². The Hall–Kier alpha value is -0.200. The van der Waals surface area contributed by atoms with Gasteiger partial charge in [0.25, 0.3) is 0 Å². The molecule has 0 aromatic heterocycles. The molecule has 0 aromatic carbocycles. The van der Waals surface area contributed by atoms with Gasteiger partial charge in [0.1, 0.15) is 11.5 Å². The number of hydrogen-bond acceptors (Lipinski definition) is 5. The van der Waals surface area contributed by atoms with Crippen molar-refractivity contribution in [3.63, 3.8) is 0 Å². The van der Waals surface area contributed by atoms with E-state index in [0.717, 1.165) is 31.0 Å². The summed E-state index contributed by atoms with van der Waals surface area (Å²) < 4.78 is 28.7. The Kier molecular flexibility index (Phi) is 4.05. The predicted octanol–water partition coefficient (Wildman–Crippen LogP) is 1.45. The Morgan fingerprint density at radius 3 is 2.76 bits per heavy atom. The SMILES string of the molecule is CCN(CC)[C@@H]1CS(=O)(=O)OC2=C1CSCC2. The fourth-order valence-corrected chi connectivity index (χ4v) is 4.85. The fourth-order valence-electron chi connectivity index (χ4n) is 2.44. The van der Waals surface area contributed by atoms with Gasteiger partial charge in [-0.1, -0.05) is 13.8 Å². The molecule has 4 nitrogen and oxygen atoms in total. The van der Waals surface area contributed by atoms with Gasteiger partial charge in [-0.15, -0.1) is 0 Å². The van der Waals surface area contributed by atoms with Crippen LogP contribution < -0.4 is 0 Å². The molecule has 0 bridgehead atoms. The molecule has 1 atom stereocenters. The minimum atomic E-state index is -3.38. The van der Waals surface area contributed by atoms with E-state index < -0.39 is 10.1 Å². The summed E-state index contributed by atoms with van der Waals surface area (Å²) in [5.74, 6) is 2.69. The molecule has 0 saturated carbocycles. The molecule has 0 aromatic rings. The zero-order valence-corrected chi connectivity index (χ0v) is 11.9. The van der Waals surface area contributed by atoms with E-state index >= 15 is 0 Å². The molecule has 2 rings (SSSR count). The number of nitrogens with zero attached hydrogens (tertiary/aromatic N) is 1. The van der Waals surface area contributed by atoms with Crippen LogP contribution in [0.3, 0.4) is 0 Å². The van der Waals surface area contributed by atoms with Gasteiger partial charge in [-0.2, -0.15) is 20.2 Å². The van der Waals surface area contributed by atoms with Crippen LogP contribution in [-0.2, 0) is 14.3 Å². The van der Waals surface area contributed by atoms with Crippen LogP contribution in [0, 0.1) is 0 Å². The van der Waals surface area contributed by atoms with E-state index in [9.17, 15) is 8.42 Å². The maximum Gasteiger partial charge on any atom is 0.310 e. The first-order valence-electron chi connectivity index (χ1n) is 6.03. The molecule has 0 N–H and O–H groups in total. The standard InChI is InChI=1S/C11H19NO3S2/c1-3-12(4-2)10-8-17(13,14)15-11-5-6-16-7-9(10)11/h10H,3-8H2,1-2H3/t10-/m1/s1. The number of likely N-dealkylation sites (N-methyl/N-ethyl adjacent to an activating group) is 1. The maximum atomic E-state index is 11.8. The molecular weight excluding hydrogens is 258 g/mol. The predicted molar refractivity (Wildman–Crippen MR) is 70.5 cm³/mol. The first kappa shape index (κ1) is 13.2. The molecule has 2 aliphatic rings. The van der Waals surface area contributed by atoms with Crippen molar-refractivity contribution >= 4 is 21.9 Å². The zero-order chi connectivity index (χ0) is 12.5.